The van der Waals surface area contributed by atoms with Crippen LogP contribution in [0.15, 0.2) is 77.8 Å². The minimum Gasteiger partial charge on any atom is -0.458 e. The molecule has 2 aromatic carbocycles. The molecule has 0 N–H and O–H groups in total. The standard InChI is InChI=1S/C28H32ClNO4/c1-27(2,3)25-30-28(26(32)34-25,19-21-11-6-4-7-12-21)23(15-10-18-29)16-17-24(31)33-20-22-13-8-5-9-14-22/h4-9,11-14,16-17,23H,10,15,18-20H2,1-3H3/b17-16+. The third-order valence-corrected chi connectivity index (χ3v) is 6.02. The van der Waals surface area contributed by atoms with Gasteiger partial charge in [0.05, 0.1) is 0 Å². The number of halogens is 1. The van der Waals surface area contributed by atoms with Crippen LogP contribution >= 0.6 is 11.6 Å². The van der Waals surface area contributed by atoms with E-state index in [-0.39, 0.29) is 12.5 Å². The molecule has 0 saturated heterocycles. The van der Waals surface area contributed by atoms with Crippen LogP contribution < -0.4 is 0 Å². The van der Waals surface area contributed by atoms with Crippen molar-refractivity contribution in [2.45, 2.75) is 52.2 Å². The van der Waals surface area contributed by atoms with E-state index in [0.717, 1.165) is 11.1 Å². The third kappa shape index (κ3) is 6.57. The topological polar surface area (TPSA) is 65.0 Å². The summed E-state index contributed by atoms with van der Waals surface area (Å²) >= 11 is 6.01. The molecule has 0 fully saturated rings. The lowest BCUT2D eigenvalue weighted by Crippen LogP contribution is -2.43. The van der Waals surface area contributed by atoms with Gasteiger partial charge in [-0.2, -0.15) is 0 Å². The number of hydrogen-bond donors (Lipinski definition) is 0. The van der Waals surface area contributed by atoms with Crippen molar-refractivity contribution in [1.29, 1.82) is 0 Å². The van der Waals surface area contributed by atoms with Crippen molar-refractivity contribution in [3.8, 4) is 0 Å². The first-order valence-corrected chi connectivity index (χ1v) is 12.1. The second kappa shape index (κ2) is 11.5. The van der Waals surface area contributed by atoms with Gasteiger partial charge in [-0.25, -0.2) is 14.6 Å². The highest BCUT2D eigenvalue weighted by molar-refractivity contribution is 6.17. The number of rotatable bonds is 10. The summed E-state index contributed by atoms with van der Waals surface area (Å²) in [4.78, 5) is 30.8. The summed E-state index contributed by atoms with van der Waals surface area (Å²) in [6.45, 7) is 6.06. The van der Waals surface area contributed by atoms with E-state index in [4.69, 9.17) is 26.1 Å². The number of aliphatic imine (C=N–C) groups is 1. The molecule has 34 heavy (non-hydrogen) atoms. The minimum absolute atomic E-state index is 0.180. The van der Waals surface area contributed by atoms with Gasteiger partial charge in [-0.3, -0.25) is 0 Å². The molecular formula is C28H32ClNO4. The normalized spacial score (nSPS) is 19.1. The molecule has 0 spiro atoms. The van der Waals surface area contributed by atoms with Gasteiger partial charge in [0.25, 0.3) is 0 Å². The number of carbonyl (C=O) groups is 2. The highest BCUT2D eigenvalue weighted by atomic mass is 35.5. The molecule has 5 nitrogen and oxygen atoms in total. The molecular weight excluding hydrogens is 450 g/mol. The van der Waals surface area contributed by atoms with E-state index in [1.54, 1.807) is 6.08 Å². The minimum atomic E-state index is -1.17. The molecule has 2 atom stereocenters. The second-order valence-corrected chi connectivity index (χ2v) is 9.91. The van der Waals surface area contributed by atoms with Crippen LogP contribution in [-0.2, 0) is 32.1 Å². The van der Waals surface area contributed by atoms with Crippen LogP contribution in [0.1, 0.15) is 44.7 Å². The molecule has 0 aliphatic carbocycles. The van der Waals surface area contributed by atoms with Crippen LogP contribution in [0.3, 0.4) is 0 Å². The molecule has 1 aliphatic heterocycles. The molecule has 3 rings (SSSR count). The average molecular weight is 482 g/mol. The van der Waals surface area contributed by atoms with Gasteiger partial charge in [-0.1, -0.05) is 87.5 Å². The molecule has 1 heterocycles. The van der Waals surface area contributed by atoms with Crippen LogP contribution in [0.2, 0.25) is 0 Å². The highest BCUT2D eigenvalue weighted by Crippen LogP contribution is 2.39. The van der Waals surface area contributed by atoms with Gasteiger partial charge >= 0.3 is 11.9 Å². The summed E-state index contributed by atoms with van der Waals surface area (Å²) < 4.78 is 11.1. The van der Waals surface area contributed by atoms with Gasteiger partial charge < -0.3 is 9.47 Å². The third-order valence-electron chi connectivity index (χ3n) is 5.75. The molecule has 2 aromatic rings. The number of esters is 2. The van der Waals surface area contributed by atoms with E-state index in [9.17, 15) is 9.59 Å². The number of alkyl halides is 1. The van der Waals surface area contributed by atoms with E-state index >= 15 is 0 Å². The summed E-state index contributed by atoms with van der Waals surface area (Å²) in [6.07, 6.45) is 4.74. The van der Waals surface area contributed by atoms with E-state index in [0.29, 0.717) is 31.0 Å². The van der Waals surface area contributed by atoms with Crippen LogP contribution in [0.25, 0.3) is 0 Å². The van der Waals surface area contributed by atoms with E-state index in [1.807, 2.05) is 81.4 Å². The smallest absolute Gasteiger partial charge is 0.341 e. The lowest BCUT2D eigenvalue weighted by atomic mass is 9.77. The molecule has 180 valence electrons. The quantitative estimate of drug-likeness (QED) is 0.240. The molecule has 0 saturated carbocycles. The first-order valence-electron chi connectivity index (χ1n) is 11.6. The van der Waals surface area contributed by atoms with Crippen molar-refractivity contribution in [2.75, 3.05) is 5.88 Å². The maximum absolute atomic E-state index is 13.4. The fourth-order valence-electron chi connectivity index (χ4n) is 3.89. The zero-order valence-corrected chi connectivity index (χ0v) is 20.8. The second-order valence-electron chi connectivity index (χ2n) is 9.53. The van der Waals surface area contributed by atoms with Crippen molar-refractivity contribution >= 4 is 29.4 Å². The van der Waals surface area contributed by atoms with Crippen molar-refractivity contribution in [3.63, 3.8) is 0 Å². The summed E-state index contributed by atoms with van der Waals surface area (Å²) in [5, 5.41) is 0. The van der Waals surface area contributed by atoms with E-state index < -0.39 is 22.9 Å². The van der Waals surface area contributed by atoms with Gasteiger partial charge in [-0.15, -0.1) is 11.6 Å². The average Bonchev–Trinajstić information content (AvgIpc) is 3.16. The monoisotopic (exact) mass is 481 g/mol. The Hall–Kier alpha value is -2.92. The van der Waals surface area contributed by atoms with Crippen molar-refractivity contribution < 1.29 is 19.1 Å². The number of benzene rings is 2. The molecule has 1 aliphatic rings. The Morgan fingerprint density at radius 1 is 1.09 bits per heavy atom. The molecule has 0 bridgehead atoms. The van der Waals surface area contributed by atoms with Gasteiger partial charge in [0.1, 0.15) is 6.61 Å². The summed E-state index contributed by atoms with van der Waals surface area (Å²) in [7, 11) is 0. The van der Waals surface area contributed by atoms with Crippen LogP contribution in [0.5, 0.6) is 0 Å². The van der Waals surface area contributed by atoms with Gasteiger partial charge in [0, 0.05) is 29.7 Å². The molecule has 0 amide bonds. The maximum Gasteiger partial charge on any atom is 0.341 e. The van der Waals surface area contributed by atoms with Crippen molar-refractivity contribution in [1.82, 2.24) is 0 Å². The Labute approximate surface area is 206 Å². The number of hydrogen-bond acceptors (Lipinski definition) is 5. The number of carbonyl (C=O) groups excluding carboxylic acids is 2. The Balaban J connectivity index is 1.90. The molecule has 0 aromatic heterocycles. The van der Waals surface area contributed by atoms with Gasteiger partial charge in [-0.05, 0) is 24.0 Å². The Kier molecular flexibility index (Phi) is 8.67. The predicted octanol–water partition coefficient (Wildman–Crippen LogP) is 5.90. The van der Waals surface area contributed by atoms with Crippen LogP contribution in [-0.4, -0.2) is 29.3 Å². The predicted molar refractivity (Wildman–Crippen MR) is 135 cm³/mol. The lowest BCUT2D eigenvalue weighted by Gasteiger charge is -2.30. The summed E-state index contributed by atoms with van der Waals surface area (Å²) in [6, 6.07) is 19.2. The van der Waals surface area contributed by atoms with Gasteiger partial charge in [0.2, 0.25) is 0 Å². The van der Waals surface area contributed by atoms with Crippen molar-refractivity contribution in [3.05, 3.63) is 83.9 Å². The summed E-state index contributed by atoms with van der Waals surface area (Å²) in [5.41, 5.74) is 0.270. The Bertz CT molecular complexity index is 1030. The SMILES string of the molecule is CC(C)(C)C1=NC(Cc2ccccc2)(C(/C=C/C(=O)OCc2ccccc2)CCCCl)C(=O)O1. The number of nitrogens with zero attached hydrogens (tertiary/aromatic N) is 1. The Morgan fingerprint density at radius 2 is 1.71 bits per heavy atom. The zero-order valence-electron chi connectivity index (χ0n) is 20.0. The first kappa shape index (κ1) is 25.7. The maximum atomic E-state index is 13.4. The largest absolute Gasteiger partial charge is 0.458 e. The van der Waals surface area contributed by atoms with Crippen LogP contribution in [0, 0.1) is 11.3 Å². The zero-order chi connectivity index (χ0) is 24.6. The lowest BCUT2D eigenvalue weighted by molar-refractivity contribution is -0.141. The fourth-order valence-corrected chi connectivity index (χ4v) is 4.05. The van der Waals surface area contributed by atoms with Crippen molar-refractivity contribution in [2.24, 2.45) is 16.3 Å². The van der Waals surface area contributed by atoms with E-state index in [1.165, 1.54) is 6.08 Å². The number of cyclic esters (lactones) is 1. The van der Waals surface area contributed by atoms with E-state index in [2.05, 4.69) is 0 Å². The van der Waals surface area contributed by atoms with Gasteiger partial charge in [0.15, 0.2) is 11.4 Å². The first-order chi connectivity index (χ1) is 16.2. The summed E-state index contributed by atoms with van der Waals surface area (Å²) in [5.74, 6) is -0.411. The number of ether oxygens (including phenoxy) is 2. The molecule has 2 unspecified atom stereocenters. The highest BCUT2D eigenvalue weighted by Gasteiger charge is 2.52. The van der Waals surface area contributed by atoms with Crippen LogP contribution in [0.4, 0.5) is 0 Å². The Morgan fingerprint density at radius 3 is 2.26 bits per heavy atom. The molecule has 0 radical (unpaired) electrons. The molecule has 6 heteroatoms. The fraction of sp³-hybridized carbons (Fsp3) is 0.393.